The minimum atomic E-state index is -0.858. The molecule has 34 heavy (non-hydrogen) atoms. The van der Waals surface area contributed by atoms with E-state index in [0.717, 1.165) is 11.8 Å². The van der Waals surface area contributed by atoms with Gasteiger partial charge in [0.1, 0.15) is 25.0 Å². The lowest BCUT2D eigenvalue weighted by molar-refractivity contribution is -0.131. The van der Waals surface area contributed by atoms with Crippen LogP contribution in [0.3, 0.4) is 0 Å². The number of ether oxygens (including phenoxy) is 1. The maximum Gasteiger partial charge on any atom is 0.408 e. The summed E-state index contributed by atoms with van der Waals surface area (Å²) in [4.78, 5) is 49.7. The van der Waals surface area contributed by atoms with Crippen molar-refractivity contribution in [1.29, 1.82) is 0 Å². The highest BCUT2D eigenvalue weighted by Gasteiger charge is 2.29. The number of nitrogens with one attached hydrogen (secondary N) is 3. The fourth-order valence-corrected chi connectivity index (χ4v) is 3.52. The lowest BCUT2D eigenvalue weighted by atomic mass is 9.99. The standard InChI is InChI=1S/C26H41N3O5/c1-17(2)12-21(15-30)27-24(31)22(13-18(3)4)28-25(32)23(14-19(5)6)29-26(33)34-16-20-10-8-7-9-11-20/h7-11,15,17-19,21-23H,12-14,16H2,1-6H3,(H,27,31)(H,28,32)(H,29,33)/t21-,22-,23+/m0/s1. The Balaban J connectivity index is 2.84. The zero-order chi connectivity index (χ0) is 25.7. The van der Waals surface area contributed by atoms with Crippen molar-refractivity contribution in [3.63, 3.8) is 0 Å². The second-order valence-corrected chi connectivity index (χ2v) is 9.96. The molecule has 1 aromatic rings. The van der Waals surface area contributed by atoms with Gasteiger partial charge >= 0.3 is 6.09 Å². The van der Waals surface area contributed by atoms with E-state index < -0.39 is 36.0 Å². The Hall–Kier alpha value is -2.90. The van der Waals surface area contributed by atoms with Crippen molar-refractivity contribution in [3.8, 4) is 0 Å². The summed E-state index contributed by atoms with van der Waals surface area (Å²) in [5.74, 6) is -0.390. The van der Waals surface area contributed by atoms with Crippen molar-refractivity contribution in [1.82, 2.24) is 16.0 Å². The Bertz CT molecular complexity index is 780. The van der Waals surface area contributed by atoms with Crippen LogP contribution in [0.4, 0.5) is 4.79 Å². The molecule has 1 aromatic carbocycles. The van der Waals surface area contributed by atoms with E-state index in [4.69, 9.17) is 4.74 Å². The topological polar surface area (TPSA) is 114 Å². The summed E-state index contributed by atoms with van der Waals surface area (Å²) in [5.41, 5.74) is 0.835. The van der Waals surface area contributed by atoms with E-state index in [1.165, 1.54) is 0 Å². The van der Waals surface area contributed by atoms with Crippen LogP contribution < -0.4 is 16.0 Å². The molecule has 1 rings (SSSR count). The van der Waals surface area contributed by atoms with E-state index in [-0.39, 0.29) is 24.4 Å². The fraction of sp³-hybridized carbons (Fsp3) is 0.615. The lowest BCUT2D eigenvalue weighted by Crippen LogP contribution is -2.55. The lowest BCUT2D eigenvalue weighted by Gasteiger charge is -2.26. The van der Waals surface area contributed by atoms with Gasteiger partial charge in [-0.05, 0) is 42.6 Å². The van der Waals surface area contributed by atoms with Crippen LogP contribution in [0.1, 0.15) is 66.4 Å². The fourth-order valence-electron chi connectivity index (χ4n) is 3.52. The molecule has 0 aromatic heterocycles. The third-order valence-corrected chi connectivity index (χ3v) is 5.09. The van der Waals surface area contributed by atoms with E-state index in [2.05, 4.69) is 16.0 Å². The third-order valence-electron chi connectivity index (χ3n) is 5.09. The van der Waals surface area contributed by atoms with Crippen molar-refractivity contribution in [3.05, 3.63) is 35.9 Å². The zero-order valence-electron chi connectivity index (χ0n) is 21.3. The number of carbonyl (C=O) groups excluding carboxylic acids is 4. The first-order valence-corrected chi connectivity index (χ1v) is 12.0. The first-order chi connectivity index (χ1) is 16.0. The first-order valence-electron chi connectivity index (χ1n) is 12.0. The number of hydrogen-bond donors (Lipinski definition) is 3. The number of carbonyl (C=O) groups is 4. The van der Waals surface area contributed by atoms with Gasteiger partial charge in [-0.15, -0.1) is 0 Å². The average Bonchev–Trinajstić information content (AvgIpc) is 2.76. The molecule has 3 N–H and O–H groups in total. The second kappa shape index (κ2) is 15.1. The molecular weight excluding hydrogens is 434 g/mol. The second-order valence-electron chi connectivity index (χ2n) is 9.96. The third kappa shape index (κ3) is 11.8. The van der Waals surface area contributed by atoms with Crippen molar-refractivity contribution in [2.75, 3.05) is 0 Å². The van der Waals surface area contributed by atoms with Crippen LogP contribution in [0.25, 0.3) is 0 Å². The quantitative estimate of drug-likeness (QED) is 0.356. The molecule has 8 nitrogen and oxygen atoms in total. The minimum absolute atomic E-state index is 0.0873. The van der Waals surface area contributed by atoms with Gasteiger partial charge in [-0.1, -0.05) is 71.9 Å². The summed E-state index contributed by atoms with van der Waals surface area (Å²) >= 11 is 0. The molecule has 0 saturated carbocycles. The maximum absolute atomic E-state index is 13.1. The normalized spacial score (nSPS) is 13.8. The van der Waals surface area contributed by atoms with Gasteiger partial charge in [-0.3, -0.25) is 9.59 Å². The van der Waals surface area contributed by atoms with Crippen molar-refractivity contribution in [2.45, 2.75) is 85.5 Å². The Kier molecular flexibility index (Phi) is 12.9. The molecule has 3 amide bonds. The molecule has 0 heterocycles. The summed E-state index contributed by atoms with van der Waals surface area (Å²) in [6.07, 6.45) is 1.32. The maximum atomic E-state index is 13.1. The van der Waals surface area contributed by atoms with Crippen LogP contribution >= 0.6 is 0 Å². The van der Waals surface area contributed by atoms with Crippen molar-refractivity contribution >= 4 is 24.2 Å². The van der Waals surface area contributed by atoms with Gasteiger partial charge < -0.3 is 25.5 Å². The van der Waals surface area contributed by atoms with E-state index in [1.807, 2.05) is 71.9 Å². The molecule has 0 aliphatic carbocycles. The molecule has 0 fully saturated rings. The van der Waals surface area contributed by atoms with Gasteiger partial charge in [-0.25, -0.2) is 4.79 Å². The molecule has 8 heteroatoms. The van der Waals surface area contributed by atoms with Gasteiger partial charge in [0.15, 0.2) is 0 Å². The molecule has 0 aliphatic rings. The van der Waals surface area contributed by atoms with Crippen LogP contribution in [0, 0.1) is 17.8 Å². The summed E-state index contributed by atoms with van der Waals surface area (Å²) in [6, 6.07) is 6.96. The molecule has 0 aliphatic heterocycles. The van der Waals surface area contributed by atoms with E-state index in [1.54, 1.807) is 0 Å². The Morgan fingerprint density at radius 1 is 0.765 bits per heavy atom. The molecule has 0 spiro atoms. The van der Waals surface area contributed by atoms with E-state index in [9.17, 15) is 19.2 Å². The molecule has 0 bridgehead atoms. The Morgan fingerprint density at radius 3 is 1.76 bits per heavy atom. The predicted octanol–water partition coefficient (Wildman–Crippen LogP) is 3.59. The largest absolute Gasteiger partial charge is 0.445 e. The van der Waals surface area contributed by atoms with Crippen molar-refractivity contribution in [2.24, 2.45) is 17.8 Å². The Labute approximate surface area is 203 Å². The molecule has 0 radical (unpaired) electrons. The summed E-state index contributed by atoms with van der Waals surface area (Å²) < 4.78 is 5.26. The van der Waals surface area contributed by atoms with Crippen LogP contribution in [0.5, 0.6) is 0 Å². The van der Waals surface area contributed by atoms with Gasteiger partial charge in [-0.2, -0.15) is 0 Å². The summed E-state index contributed by atoms with van der Waals surface area (Å²) in [6.45, 7) is 11.8. The monoisotopic (exact) mass is 475 g/mol. The van der Waals surface area contributed by atoms with E-state index >= 15 is 0 Å². The van der Waals surface area contributed by atoms with Crippen LogP contribution in [-0.4, -0.2) is 42.3 Å². The van der Waals surface area contributed by atoms with Crippen LogP contribution in [0.15, 0.2) is 30.3 Å². The number of hydrogen-bond acceptors (Lipinski definition) is 5. The minimum Gasteiger partial charge on any atom is -0.445 e. The van der Waals surface area contributed by atoms with E-state index in [0.29, 0.717) is 19.3 Å². The molecule has 190 valence electrons. The predicted molar refractivity (Wildman–Crippen MR) is 132 cm³/mol. The number of amides is 3. The van der Waals surface area contributed by atoms with Crippen LogP contribution in [-0.2, 0) is 25.7 Å². The Morgan fingerprint density at radius 2 is 1.26 bits per heavy atom. The number of aldehydes is 1. The van der Waals surface area contributed by atoms with Gasteiger partial charge in [0, 0.05) is 0 Å². The number of benzene rings is 1. The average molecular weight is 476 g/mol. The van der Waals surface area contributed by atoms with Crippen LogP contribution in [0.2, 0.25) is 0 Å². The highest BCUT2D eigenvalue weighted by Crippen LogP contribution is 2.11. The summed E-state index contributed by atoms with van der Waals surface area (Å²) in [5, 5.41) is 8.15. The SMILES string of the molecule is CC(C)C[C@@H](C=O)NC(=O)[C@H](CC(C)C)NC(=O)[C@@H](CC(C)C)NC(=O)OCc1ccccc1. The molecule has 0 unspecified atom stereocenters. The smallest absolute Gasteiger partial charge is 0.408 e. The highest BCUT2D eigenvalue weighted by molar-refractivity contribution is 5.92. The zero-order valence-corrected chi connectivity index (χ0v) is 21.3. The summed E-state index contributed by atoms with van der Waals surface area (Å²) in [7, 11) is 0. The molecular formula is C26H41N3O5. The molecule has 3 atom stereocenters. The van der Waals surface area contributed by atoms with Gasteiger partial charge in [0.25, 0.3) is 0 Å². The van der Waals surface area contributed by atoms with Crippen molar-refractivity contribution < 1.29 is 23.9 Å². The van der Waals surface area contributed by atoms with Gasteiger partial charge in [0.05, 0.1) is 6.04 Å². The number of alkyl carbamates (subject to hydrolysis) is 1. The molecule has 0 saturated heterocycles. The number of rotatable bonds is 14. The highest BCUT2D eigenvalue weighted by atomic mass is 16.5. The first kappa shape index (κ1) is 29.1. The van der Waals surface area contributed by atoms with Gasteiger partial charge in [0.2, 0.25) is 11.8 Å².